The molecule has 28 heavy (non-hydrogen) atoms. The first-order chi connectivity index (χ1) is 13.5. The molecule has 9 heteroatoms. The van der Waals surface area contributed by atoms with Crippen LogP contribution in [0.5, 0.6) is 5.75 Å². The van der Waals surface area contributed by atoms with Crippen molar-refractivity contribution in [1.82, 2.24) is 15.3 Å². The molecule has 1 fully saturated rings. The zero-order valence-corrected chi connectivity index (χ0v) is 15.8. The van der Waals surface area contributed by atoms with E-state index < -0.39 is 6.03 Å². The second-order valence-corrected chi connectivity index (χ2v) is 6.41. The predicted molar refractivity (Wildman–Crippen MR) is 103 cm³/mol. The molecule has 1 aromatic heterocycles. The molecule has 0 unspecified atom stereocenters. The summed E-state index contributed by atoms with van der Waals surface area (Å²) >= 11 is 0. The Morgan fingerprint density at radius 3 is 2.89 bits per heavy atom. The molecule has 0 bridgehead atoms. The fourth-order valence-electron chi connectivity index (χ4n) is 2.66. The van der Waals surface area contributed by atoms with E-state index in [1.54, 1.807) is 18.3 Å². The number of rotatable bonds is 5. The number of nitrogens with zero attached hydrogens (tertiary/aromatic N) is 3. The number of morpholine rings is 1. The zero-order chi connectivity index (χ0) is 19.9. The van der Waals surface area contributed by atoms with E-state index in [0.29, 0.717) is 42.6 Å². The van der Waals surface area contributed by atoms with Crippen LogP contribution in [0.3, 0.4) is 0 Å². The Kier molecular flexibility index (Phi) is 6.37. The van der Waals surface area contributed by atoms with Crippen molar-refractivity contribution in [2.75, 3.05) is 36.9 Å². The van der Waals surface area contributed by atoms with Gasteiger partial charge in [-0.3, -0.25) is 10.3 Å². The van der Waals surface area contributed by atoms with Crippen LogP contribution in [0, 0.1) is 25.2 Å². The lowest BCUT2D eigenvalue weighted by molar-refractivity contribution is 0.000340. The summed E-state index contributed by atoms with van der Waals surface area (Å²) in [5.41, 5.74) is 2.35. The molecule has 1 aliphatic heterocycles. The summed E-state index contributed by atoms with van der Waals surface area (Å²) < 4.78 is 11.5. The smallest absolute Gasteiger partial charge is 0.325 e. The van der Waals surface area contributed by atoms with E-state index in [0.717, 1.165) is 17.8 Å². The zero-order valence-electron chi connectivity index (χ0n) is 15.8. The minimum absolute atomic E-state index is 0.0748. The SMILES string of the molecule is Cc1cnc(NC(=O)Nc2cc(C#N)c(C)cc2OC[C@@H]2CNCCO2)cn1. The van der Waals surface area contributed by atoms with E-state index in [1.165, 1.54) is 6.20 Å². The lowest BCUT2D eigenvalue weighted by Gasteiger charge is -2.24. The minimum Gasteiger partial charge on any atom is -0.489 e. The van der Waals surface area contributed by atoms with Gasteiger partial charge in [0.2, 0.25) is 0 Å². The van der Waals surface area contributed by atoms with Gasteiger partial charge in [-0.25, -0.2) is 9.78 Å². The van der Waals surface area contributed by atoms with E-state index in [9.17, 15) is 10.1 Å². The Hall–Kier alpha value is -3.22. The summed E-state index contributed by atoms with van der Waals surface area (Å²) in [5, 5.41) is 17.9. The number of benzene rings is 1. The highest BCUT2D eigenvalue weighted by Gasteiger charge is 2.17. The molecular weight excluding hydrogens is 360 g/mol. The number of carbonyl (C=O) groups is 1. The molecule has 1 atom stereocenters. The van der Waals surface area contributed by atoms with Crippen molar-refractivity contribution in [2.45, 2.75) is 20.0 Å². The Morgan fingerprint density at radius 1 is 1.36 bits per heavy atom. The van der Waals surface area contributed by atoms with Gasteiger partial charge in [-0.2, -0.15) is 5.26 Å². The molecule has 0 radical (unpaired) electrons. The Bertz CT molecular complexity index is 872. The molecule has 0 spiro atoms. The molecule has 3 N–H and O–H groups in total. The van der Waals surface area contributed by atoms with Gasteiger partial charge in [-0.1, -0.05) is 0 Å². The van der Waals surface area contributed by atoms with Crippen LogP contribution in [0.1, 0.15) is 16.8 Å². The van der Waals surface area contributed by atoms with E-state index in [1.807, 2.05) is 13.8 Å². The highest BCUT2D eigenvalue weighted by atomic mass is 16.5. The first-order valence-electron chi connectivity index (χ1n) is 8.91. The third-order valence-corrected chi connectivity index (χ3v) is 4.15. The molecule has 1 aromatic carbocycles. The second-order valence-electron chi connectivity index (χ2n) is 6.41. The average Bonchev–Trinajstić information content (AvgIpc) is 2.70. The highest BCUT2D eigenvalue weighted by molar-refractivity contribution is 6.00. The average molecular weight is 382 g/mol. The molecule has 2 aromatic rings. The van der Waals surface area contributed by atoms with Crippen molar-refractivity contribution in [2.24, 2.45) is 0 Å². The molecule has 2 heterocycles. The van der Waals surface area contributed by atoms with E-state index in [2.05, 4.69) is 32.0 Å². The predicted octanol–water partition coefficient (Wildman–Crippen LogP) is 1.98. The first-order valence-corrected chi connectivity index (χ1v) is 8.91. The number of nitrogens with one attached hydrogen (secondary N) is 3. The molecule has 9 nitrogen and oxygen atoms in total. The number of hydrogen-bond acceptors (Lipinski definition) is 7. The van der Waals surface area contributed by atoms with Crippen LogP contribution in [0.25, 0.3) is 0 Å². The maximum Gasteiger partial charge on any atom is 0.325 e. The molecule has 0 aliphatic carbocycles. The molecular formula is C19H22N6O3. The number of nitriles is 1. The van der Waals surface area contributed by atoms with Gasteiger partial charge >= 0.3 is 6.03 Å². The molecule has 3 rings (SSSR count). The van der Waals surface area contributed by atoms with E-state index >= 15 is 0 Å². The maximum absolute atomic E-state index is 12.3. The molecule has 1 saturated heterocycles. The van der Waals surface area contributed by atoms with Crippen LogP contribution in [-0.4, -0.2) is 48.4 Å². The Balaban J connectivity index is 1.72. The topological polar surface area (TPSA) is 121 Å². The highest BCUT2D eigenvalue weighted by Crippen LogP contribution is 2.29. The van der Waals surface area contributed by atoms with Gasteiger partial charge in [0.05, 0.1) is 42.0 Å². The fourth-order valence-corrected chi connectivity index (χ4v) is 2.66. The molecule has 146 valence electrons. The summed E-state index contributed by atoms with van der Waals surface area (Å²) in [7, 11) is 0. The largest absolute Gasteiger partial charge is 0.489 e. The molecule has 0 saturated carbocycles. The number of aromatic nitrogens is 2. The third kappa shape index (κ3) is 5.16. The molecule has 1 aliphatic rings. The lowest BCUT2D eigenvalue weighted by Crippen LogP contribution is -2.41. The first kappa shape index (κ1) is 19.5. The van der Waals surface area contributed by atoms with Crippen LogP contribution in [-0.2, 0) is 4.74 Å². The van der Waals surface area contributed by atoms with Gasteiger partial charge < -0.3 is 20.1 Å². The van der Waals surface area contributed by atoms with Crippen molar-refractivity contribution in [1.29, 1.82) is 5.26 Å². The van der Waals surface area contributed by atoms with Crippen molar-refractivity contribution >= 4 is 17.5 Å². The minimum atomic E-state index is -0.508. The van der Waals surface area contributed by atoms with E-state index in [4.69, 9.17) is 9.47 Å². The monoisotopic (exact) mass is 382 g/mol. The Labute approximate surface area is 163 Å². The van der Waals surface area contributed by atoms with Crippen LogP contribution in [0.4, 0.5) is 16.3 Å². The van der Waals surface area contributed by atoms with Gasteiger partial charge in [0.25, 0.3) is 0 Å². The van der Waals surface area contributed by atoms with Crippen LogP contribution < -0.4 is 20.7 Å². The van der Waals surface area contributed by atoms with Gasteiger partial charge in [-0.05, 0) is 31.5 Å². The van der Waals surface area contributed by atoms with Crippen molar-refractivity contribution in [3.05, 3.63) is 41.3 Å². The van der Waals surface area contributed by atoms with Gasteiger partial charge in [-0.15, -0.1) is 0 Å². The summed E-state index contributed by atoms with van der Waals surface area (Å²) in [6.45, 7) is 6.10. The van der Waals surface area contributed by atoms with Gasteiger partial charge in [0, 0.05) is 13.1 Å². The number of carbonyl (C=O) groups excluding carboxylic acids is 1. The maximum atomic E-state index is 12.3. The number of ether oxygens (including phenoxy) is 2. The number of hydrogen-bond donors (Lipinski definition) is 3. The normalized spacial score (nSPS) is 16.1. The van der Waals surface area contributed by atoms with Crippen LogP contribution in [0.15, 0.2) is 24.5 Å². The second kappa shape index (κ2) is 9.12. The Morgan fingerprint density at radius 2 is 2.21 bits per heavy atom. The number of aryl methyl sites for hydroxylation is 2. The van der Waals surface area contributed by atoms with Gasteiger partial charge in [0.1, 0.15) is 18.5 Å². The number of amides is 2. The summed E-state index contributed by atoms with van der Waals surface area (Å²) in [4.78, 5) is 20.5. The van der Waals surface area contributed by atoms with Gasteiger partial charge in [0.15, 0.2) is 5.82 Å². The van der Waals surface area contributed by atoms with E-state index in [-0.39, 0.29) is 6.10 Å². The standard InChI is InChI=1S/C19H22N6O3/c1-12-5-17(28-11-15-9-21-3-4-27-15)16(6-14(12)7-20)24-19(26)25-18-10-22-13(2)8-23-18/h5-6,8,10,15,21H,3-4,9,11H2,1-2H3,(H2,23,24,25,26)/t15-/m0/s1. The number of anilines is 2. The quantitative estimate of drug-likeness (QED) is 0.723. The lowest BCUT2D eigenvalue weighted by atomic mass is 10.1. The number of urea groups is 1. The van der Waals surface area contributed by atoms with Crippen LogP contribution >= 0.6 is 0 Å². The van der Waals surface area contributed by atoms with Crippen molar-refractivity contribution in [3.63, 3.8) is 0 Å². The van der Waals surface area contributed by atoms with Crippen molar-refractivity contribution < 1.29 is 14.3 Å². The summed E-state index contributed by atoms with van der Waals surface area (Å²) in [6.07, 6.45) is 2.95. The third-order valence-electron chi connectivity index (χ3n) is 4.15. The molecule has 2 amide bonds. The van der Waals surface area contributed by atoms with Crippen molar-refractivity contribution in [3.8, 4) is 11.8 Å². The summed E-state index contributed by atoms with van der Waals surface area (Å²) in [5.74, 6) is 0.788. The van der Waals surface area contributed by atoms with Crippen LogP contribution in [0.2, 0.25) is 0 Å². The summed E-state index contributed by atoms with van der Waals surface area (Å²) in [6, 6.07) is 4.93. The fraction of sp³-hybridized carbons (Fsp3) is 0.368.